The van der Waals surface area contributed by atoms with Gasteiger partial charge in [-0.1, -0.05) is 82.0 Å². The summed E-state index contributed by atoms with van der Waals surface area (Å²) in [4.78, 5) is 48.4. The number of hydrogen-bond donors (Lipinski definition) is 1. The molecule has 1 unspecified atom stereocenters. The highest BCUT2D eigenvalue weighted by Crippen LogP contribution is 2.38. The second-order valence-electron chi connectivity index (χ2n) is 17.4. The molecule has 72 heavy (non-hydrogen) atoms. The highest BCUT2D eigenvalue weighted by Gasteiger charge is 2.20. The lowest BCUT2D eigenvalue weighted by Crippen LogP contribution is -2.02. The number of aromatic nitrogens is 2. The number of thioether (sulfide) groups is 2. The monoisotopic (exact) mass is 1030 g/mol. The molecule has 0 amide bonds. The number of nitrogens with zero attached hydrogens (tertiary/aromatic N) is 4. The van der Waals surface area contributed by atoms with Gasteiger partial charge in [0.25, 0.3) is 0 Å². The smallest absolute Gasteiger partial charge is 0.331 e. The number of aliphatic hydroxyl groups excluding tert-OH is 1. The van der Waals surface area contributed by atoms with E-state index in [0.29, 0.717) is 38.2 Å². The van der Waals surface area contributed by atoms with E-state index in [1.165, 1.54) is 13.8 Å². The minimum Gasteiger partial charge on any atom is -0.384 e. The van der Waals surface area contributed by atoms with Crippen LogP contribution in [0.25, 0.3) is 43.6 Å². The highest BCUT2D eigenvalue weighted by molar-refractivity contribution is 7.98. The molecule has 9 rings (SSSR count). The number of carbonyl (C=O) groups excluding carboxylic acids is 3. The Hall–Kier alpha value is -6.67. The molecule has 10 nitrogen and oxygen atoms in total. The van der Waals surface area contributed by atoms with Gasteiger partial charge in [0.15, 0.2) is 5.78 Å². The molecule has 0 fully saturated rings. The molecule has 0 aliphatic heterocycles. The summed E-state index contributed by atoms with van der Waals surface area (Å²) >= 11 is 17.0. The van der Waals surface area contributed by atoms with Gasteiger partial charge in [0.05, 0.1) is 16.4 Å². The fraction of sp³-hybridized carbons (Fsp3) is 0.190. The minimum absolute atomic E-state index is 0.160. The van der Waals surface area contributed by atoms with E-state index in [4.69, 9.17) is 32.9 Å². The number of hydrogen-bond acceptors (Lipinski definition) is 10. The van der Waals surface area contributed by atoms with Crippen LogP contribution in [-0.2, 0) is 43.9 Å². The van der Waals surface area contributed by atoms with Gasteiger partial charge in [0.1, 0.15) is 6.10 Å². The highest BCUT2D eigenvalue weighted by atomic mass is 35.5. The Balaban J connectivity index is 0.826. The molecule has 0 radical (unpaired) electrons. The molecule has 0 aliphatic carbocycles. The van der Waals surface area contributed by atoms with E-state index in [9.17, 15) is 19.5 Å². The van der Waals surface area contributed by atoms with Crippen molar-refractivity contribution >= 4 is 119 Å². The summed E-state index contributed by atoms with van der Waals surface area (Å²) in [6.45, 7) is 11.9. The average Bonchev–Trinajstić information content (AvgIpc) is 3.88. The number of fused-ring (bicyclic) bond motifs is 6. The summed E-state index contributed by atoms with van der Waals surface area (Å²) in [6.07, 6.45) is -0.940. The predicted molar refractivity (Wildman–Crippen MR) is 294 cm³/mol. The Morgan fingerprint density at radius 2 is 0.972 bits per heavy atom. The molecule has 2 heterocycles. The van der Waals surface area contributed by atoms with Crippen molar-refractivity contribution in [2.45, 2.75) is 82.0 Å². The zero-order valence-corrected chi connectivity index (χ0v) is 43.6. The molecule has 0 aliphatic rings. The summed E-state index contributed by atoms with van der Waals surface area (Å²) in [5.41, 5.74) is 11.6. The Kier molecular flexibility index (Phi) is 15.1. The lowest BCUT2D eigenvalue weighted by atomic mass is 9.99. The van der Waals surface area contributed by atoms with E-state index < -0.39 is 18.0 Å². The molecule has 1 N–H and O–H groups in total. The van der Waals surface area contributed by atoms with Gasteiger partial charge in [-0.15, -0.1) is 23.5 Å². The van der Waals surface area contributed by atoms with Crippen LogP contribution in [0.2, 0.25) is 10.0 Å². The first-order valence-corrected chi connectivity index (χ1v) is 26.2. The lowest BCUT2D eigenvalue weighted by Gasteiger charge is -2.15. The molecule has 2 aromatic heterocycles. The molecule has 364 valence electrons. The SMILES string of the molecule is CCn1c2ccc(C(=O)c3ccc(SCc4ccc(CSc5ccc(C(O)c6ccc7c(c6)c6cc(/C(C)=N/OC(C)=O)ccc6n7CC)c(Cl)c5)cc4)cc3Cl)cc2c2cc(/C(C)=N/OC(C)=O)ccc21. The molecular weight excluding hydrogens is 984 g/mol. The molecule has 0 saturated carbocycles. The fourth-order valence-corrected chi connectivity index (χ4v) is 11.5. The summed E-state index contributed by atoms with van der Waals surface area (Å²) in [5.74, 6) is 0.337. The first kappa shape index (κ1) is 50.3. The normalized spacial score (nSPS) is 12.6. The van der Waals surface area contributed by atoms with Crippen LogP contribution in [0.4, 0.5) is 0 Å². The van der Waals surface area contributed by atoms with Crippen molar-refractivity contribution in [3.05, 3.63) is 188 Å². The summed E-state index contributed by atoms with van der Waals surface area (Å²) in [6, 6.07) is 43.7. The van der Waals surface area contributed by atoms with Crippen LogP contribution in [0.3, 0.4) is 0 Å². The topological polar surface area (TPSA) is 124 Å². The molecule has 1 atom stereocenters. The molecule has 14 heteroatoms. The van der Waals surface area contributed by atoms with Crippen molar-refractivity contribution in [3.8, 4) is 0 Å². The van der Waals surface area contributed by atoms with Gasteiger partial charge in [0.2, 0.25) is 0 Å². The van der Waals surface area contributed by atoms with E-state index in [2.05, 4.69) is 57.6 Å². The Labute approximate surface area is 435 Å². The van der Waals surface area contributed by atoms with E-state index in [1.807, 2.05) is 103 Å². The number of carbonyl (C=O) groups is 3. The second-order valence-corrected chi connectivity index (χ2v) is 20.3. The number of benzene rings is 7. The number of rotatable bonds is 16. The van der Waals surface area contributed by atoms with Gasteiger partial charge in [-0.2, -0.15) is 0 Å². The number of halogens is 2. The van der Waals surface area contributed by atoms with Crippen molar-refractivity contribution in [3.63, 3.8) is 0 Å². The molecule has 9 aromatic rings. The second kappa shape index (κ2) is 21.6. The Bertz CT molecular complexity index is 3670. The average molecular weight is 1030 g/mol. The Morgan fingerprint density at radius 1 is 0.542 bits per heavy atom. The molecule has 0 spiro atoms. The summed E-state index contributed by atoms with van der Waals surface area (Å²) in [7, 11) is 0. The molecular formula is C58H50Cl2N4O6S2. The van der Waals surface area contributed by atoms with Gasteiger partial charge < -0.3 is 23.9 Å². The molecule has 0 bridgehead atoms. The summed E-state index contributed by atoms with van der Waals surface area (Å²) in [5, 5.41) is 24.4. The first-order valence-electron chi connectivity index (χ1n) is 23.4. The van der Waals surface area contributed by atoms with Crippen LogP contribution < -0.4 is 0 Å². The van der Waals surface area contributed by atoms with Crippen LogP contribution in [0.1, 0.15) is 96.9 Å². The zero-order valence-electron chi connectivity index (χ0n) is 40.5. The van der Waals surface area contributed by atoms with Crippen molar-refractivity contribution in [2.24, 2.45) is 10.3 Å². The van der Waals surface area contributed by atoms with Gasteiger partial charge in [0, 0.05) is 114 Å². The lowest BCUT2D eigenvalue weighted by molar-refractivity contribution is -0.141. The van der Waals surface area contributed by atoms with Gasteiger partial charge in [-0.25, -0.2) is 9.59 Å². The predicted octanol–water partition coefficient (Wildman–Crippen LogP) is 14.7. The quantitative estimate of drug-likeness (QED) is 0.0334. The number of ketones is 1. The van der Waals surface area contributed by atoms with E-state index in [-0.39, 0.29) is 5.78 Å². The largest absolute Gasteiger partial charge is 0.384 e. The summed E-state index contributed by atoms with van der Waals surface area (Å²) < 4.78 is 4.44. The van der Waals surface area contributed by atoms with Crippen LogP contribution >= 0.6 is 46.7 Å². The maximum Gasteiger partial charge on any atom is 0.331 e. The molecule has 0 saturated heterocycles. The van der Waals surface area contributed by atoms with Crippen molar-refractivity contribution < 1.29 is 29.2 Å². The molecule has 7 aromatic carbocycles. The third kappa shape index (κ3) is 10.5. The maximum atomic E-state index is 14.0. The standard InChI is InChI=1S/C58H50Cl2N4O6S2/c1-7-63-53-21-13-39(33(3)61-69-35(5)65)25-47(53)49-27-41(15-23-55(49)63)57(67)45-19-17-43(29-51(45)59)71-31-37-9-11-38(12-10-37)32-72-44-18-20-46(52(60)30-44)58(68)42-16-24-56-50(28-42)48-26-40(34(4)62-70-36(6)66)14-22-54(48)64(56)8-2/h9-30,57,67H,7-8,31-32H2,1-6H3/b61-33+,62-34+. The van der Waals surface area contributed by atoms with E-state index in [1.54, 1.807) is 43.4 Å². The van der Waals surface area contributed by atoms with Crippen LogP contribution in [-0.4, -0.2) is 43.4 Å². The number of aryl methyl sites for hydroxylation is 2. The van der Waals surface area contributed by atoms with Crippen molar-refractivity contribution in [1.82, 2.24) is 9.13 Å². The maximum absolute atomic E-state index is 14.0. The zero-order chi connectivity index (χ0) is 50.8. The Morgan fingerprint density at radius 3 is 1.43 bits per heavy atom. The van der Waals surface area contributed by atoms with Gasteiger partial charge in [-0.05, 0) is 140 Å². The third-order valence-corrected chi connectivity index (χ3v) is 15.5. The van der Waals surface area contributed by atoms with E-state index >= 15 is 0 Å². The number of oxime groups is 2. The van der Waals surface area contributed by atoms with Crippen LogP contribution in [0.5, 0.6) is 0 Å². The first-order chi connectivity index (χ1) is 34.7. The van der Waals surface area contributed by atoms with Gasteiger partial charge >= 0.3 is 11.9 Å². The van der Waals surface area contributed by atoms with E-state index in [0.717, 1.165) is 106 Å². The van der Waals surface area contributed by atoms with Crippen LogP contribution in [0, 0.1) is 0 Å². The minimum atomic E-state index is -0.940. The van der Waals surface area contributed by atoms with Crippen molar-refractivity contribution in [2.75, 3.05) is 0 Å². The van der Waals surface area contributed by atoms with Crippen molar-refractivity contribution in [1.29, 1.82) is 0 Å². The number of aliphatic hydroxyl groups is 1. The van der Waals surface area contributed by atoms with Crippen LogP contribution in [0.15, 0.2) is 154 Å². The fourth-order valence-electron chi connectivity index (χ4n) is 9.03. The third-order valence-electron chi connectivity index (χ3n) is 12.7. The van der Waals surface area contributed by atoms with Gasteiger partial charge in [-0.3, -0.25) is 4.79 Å².